The number of nitrogen functional groups attached to an aromatic ring is 1. The number of rotatable bonds is 5. The standard InChI is InChI=1S/C16H17FN2O/c1-11-8-12(16(18)19)6-7-13(11)9-20-10-14-4-2-3-5-15(14)17/h2-8H,9-10H2,1H3,(H3,18,19). The summed E-state index contributed by atoms with van der Waals surface area (Å²) in [6, 6.07) is 12.1. The monoisotopic (exact) mass is 272 g/mol. The van der Waals surface area contributed by atoms with E-state index in [-0.39, 0.29) is 18.3 Å². The molecule has 3 N–H and O–H groups in total. The first kappa shape index (κ1) is 14.2. The first-order valence-corrected chi connectivity index (χ1v) is 6.33. The summed E-state index contributed by atoms with van der Waals surface area (Å²) in [4.78, 5) is 0. The maximum absolute atomic E-state index is 13.4. The van der Waals surface area contributed by atoms with E-state index in [4.69, 9.17) is 15.9 Å². The van der Waals surface area contributed by atoms with Crippen molar-refractivity contribution in [2.75, 3.05) is 0 Å². The Bertz CT molecular complexity index is 626. The molecule has 0 spiro atoms. The number of benzene rings is 2. The molecule has 20 heavy (non-hydrogen) atoms. The fraction of sp³-hybridized carbons (Fsp3) is 0.188. The van der Waals surface area contributed by atoms with Crippen molar-refractivity contribution >= 4 is 5.84 Å². The van der Waals surface area contributed by atoms with Gasteiger partial charge in [-0.15, -0.1) is 0 Å². The molecule has 0 saturated heterocycles. The number of hydrogen-bond donors (Lipinski definition) is 2. The molecule has 104 valence electrons. The summed E-state index contributed by atoms with van der Waals surface area (Å²) in [5.74, 6) is -0.205. The Balaban J connectivity index is 1.98. The highest BCUT2D eigenvalue weighted by Crippen LogP contribution is 2.14. The zero-order chi connectivity index (χ0) is 14.5. The molecule has 0 heterocycles. The van der Waals surface area contributed by atoms with Crippen LogP contribution in [-0.2, 0) is 18.0 Å². The summed E-state index contributed by atoms with van der Waals surface area (Å²) in [6.07, 6.45) is 0. The van der Waals surface area contributed by atoms with Gasteiger partial charge in [-0.3, -0.25) is 5.41 Å². The Labute approximate surface area is 117 Å². The van der Waals surface area contributed by atoms with Gasteiger partial charge in [-0.25, -0.2) is 4.39 Å². The highest BCUT2D eigenvalue weighted by atomic mass is 19.1. The van der Waals surface area contributed by atoms with Gasteiger partial charge < -0.3 is 10.5 Å². The van der Waals surface area contributed by atoms with Gasteiger partial charge >= 0.3 is 0 Å². The van der Waals surface area contributed by atoms with Gasteiger partial charge in [-0.05, 0) is 30.2 Å². The molecule has 0 bridgehead atoms. The van der Waals surface area contributed by atoms with Crippen LogP contribution >= 0.6 is 0 Å². The zero-order valence-electron chi connectivity index (χ0n) is 11.3. The molecule has 0 atom stereocenters. The van der Waals surface area contributed by atoms with Crippen LogP contribution in [0.5, 0.6) is 0 Å². The van der Waals surface area contributed by atoms with Crippen molar-refractivity contribution in [3.63, 3.8) is 0 Å². The summed E-state index contributed by atoms with van der Waals surface area (Å²) < 4.78 is 19.0. The first-order chi connectivity index (χ1) is 9.58. The molecule has 0 aliphatic carbocycles. The van der Waals surface area contributed by atoms with Crippen molar-refractivity contribution in [3.05, 3.63) is 70.5 Å². The fourth-order valence-electron chi connectivity index (χ4n) is 1.91. The first-order valence-electron chi connectivity index (χ1n) is 6.33. The van der Waals surface area contributed by atoms with E-state index >= 15 is 0 Å². The van der Waals surface area contributed by atoms with Crippen LogP contribution in [-0.4, -0.2) is 5.84 Å². The lowest BCUT2D eigenvalue weighted by molar-refractivity contribution is 0.104. The second-order valence-electron chi connectivity index (χ2n) is 4.64. The second kappa shape index (κ2) is 6.30. The van der Waals surface area contributed by atoms with Crippen molar-refractivity contribution in [3.8, 4) is 0 Å². The van der Waals surface area contributed by atoms with Crippen molar-refractivity contribution < 1.29 is 9.13 Å². The van der Waals surface area contributed by atoms with Gasteiger partial charge in [0.05, 0.1) is 13.2 Å². The van der Waals surface area contributed by atoms with E-state index < -0.39 is 0 Å². The van der Waals surface area contributed by atoms with Crippen molar-refractivity contribution in [1.29, 1.82) is 5.41 Å². The van der Waals surface area contributed by atoms with Crippen LogP contribution in [0.15, 0.2) is 42.5 Å². The number of hydrogen-bond acceptors (Lipinski definition) is 2. The van der Waals surface area contributed by atoms with E-state index in [0.29, 0.717) is 17.7 Å². The van der Waals surface area contributed by atoms with E-state index in [1.165, 1.54) is 6.07 Å². The van der Waals surface area contributed by atoms with Gasteiger partial charge in [0, 0.05) is 11.1 Å². The molecule has 0 aliphatic rings. The smallest absolute Gasteiger partial charge is 0.128 e. The Morgan fingerprint density at radius 2 is 1.85 bits per heavy atom. The zero-order valence-corrected chi connectivity index (χ0v) is 11.3. The Hall–Kier alpha value is -2.20. The van der Waals surface area contributed by atoms with Crippen LogP contribution in [0.3, 0.4) is 0 Å². The summed E-state index contributed by atoms with van der Waals surface area (Å²) in [6.45, 7) is 2.58. The van der Waals surface area contributed by atoms with Crippen molar-refractivity contribution in [2.45, 2.75) is 20.1 Å². The van der Waals surface area contributed by atoms with Gasteiger partial charge in [-0.2, -0.15) is 0 Å². The van der Waals surface area contributed by atoms with Crippen LogP contribution in [0.4, 0.5) is 4.39 Å². The van der Waals surface area contributed by atoms with Gasteiger partial charge in [0.25, 0.3) is 0 Å². The minimum absolute atomic E-state index is 0.0481. The predicted molar refractivity (Wildman–Crippen MR) is 77.1 cm³/mol. The molecular formula is C16H17FN2O. The molecule has 0 aromatic heterocycles. The van der Waals surface area contributed by atoms with Crippen LogP contribution < -0.4 is 5.73 Å². The quantitative estimate of drug-likeness (QED) is 0.649. The normalized spacial score (nSPS) is 10.5. The topological polar surface area (TPSA) is 59.1 Å². The molecule has 0 saturated carbocycles. The van der Waals surface area contributed by atoms with Gasteiger partial charge in [0.1, 0.15) is 11.7 Å². The maximum atomic E-state index is 13.4. The van der Waals surface area contributed by atoms with Crippen LogP contribution in [0.1, 0.15) is 22.3 Å². The Morgan fingerprint density at radius 1 is 1.15 bits per heavy atom. The van der Waals surface area contributed by atoms with E-state index in [0.717, 1.165) is 11.1 Å². The van der Waals surface area contributed by atoms with E-state index in [9.17, 15) is 4.39 Å². The van der Waals surface area contributed by atoms with E-state index in [1.54, 1.807) is 24.3 Å². The average molecular weight is 272 g/mol. The highest BCUT2D eigenvalue weighted by molar-refractivity contribution is 5.95. The lowest BCUT2D eigenvalue weighted by Gasteiger charge is -2.09. The largest absolute Gasteiger partial charge is 0.384 e. The van der Waals surface area contributed by atoms with Gasteiger partial charge in [-0.1, -0.05) is 30.3 Å². The van der Waals surface area contributed by atoms with Crippen LogP contribution in [0, 0.1) is 18.2 Å². The lowest BCUT2D eigenvalue weighted by Crippen LogP contribution is -2.11. The molecule has 0 radical (unpaired) electrons. The molecule has 0 unspecified atom stereocenters. The molecule has 4 heteroatoms. The minimum Gasteiger partial charge on any atom is -0.384 e. The average Bonchev–Trinajstić information content (AvgIpc) is 2.42. The predicted octanol–water partition coefficient (Wildman–Crippen LogP) is 3.13. The number of aryl methyl sites for hydroxylation is 1. The molecule has 2 rings (SSSR count). The fourth-order valence-corrected chi connectivity index (χ4v) is 1.91. The molecule has 2 aromatic carbocycles. The third kappa shape index (κ3) is 3.42. The number of nitrogens with two attached hydrogens (primary N) is 1. The van der Waals surface area contributed by atoms with Crippen molar-refractivity contribution in [1.82, 2.24) is 0 Å². The highest BCUT2D eigenvalue weighted by Gasteiger charge is 2.04. The molecule has 2 aromatic rings. The second-order valence-corrected chi connectivity index (χ2v) is 4.64. The third-order valence-electron chi connectivity index (χ3n) is 3.13. The molecule has 0 aliphatic heterocycles. The molecule has 3 nitrogen and oxygen atoms in total. The summed E-state index contributed by atoms with van der Waals surface area (Å²) >= 11 is 0. The minimum atomic E-state index is -0.254. The van der Waals surface area contributed by atoms with Crippen molar-refractivity contribution in [2.24, 2.45) is 5.73 Å². The number of nitrogens with one attached hydrogen (secondary N) is 1. The van der Waals surface area contributed by atoms with Gasteiger partial charge in [0.2, 0.25) is 0 Å². The SMILES string of the molecule is Cc1cc(C(=N)N)ccc1COCc1ccccc1F. The summed E-state index contributed by atoms with van der Waals surface area (Å²) in [5, 5.41) is 7.38. The van der Waals surface area contributed by atoms with Crippen LogP contribution in [0.25, 0.3) is 0 Å². The lowest BCUT2D eigenvalue weighted by atomic mass is 10.1. The summed E-state index contributed by atoms with van der Waals surface area (Å²) in [7, 11) is 0. The van der Waals surface area contributed by atoms with Crippen LogP contribution in [0.2, 0.25) is 0 Å². The number of halogens is 1. The summed E-state index contributed by atoms with van der Waals surface area (Å²) in [5.41, 5.74) is 8.69. The molecule has 0 amide bonds. The molecule has 0 fully saturated rings. The third-order valence-corrected chi connectivity index (χ3v) is 3.13. The number of ether oxygens (including phenoxy) is 1. The van der Waals surface area contributed by atoms with E-state index in [1.807, 2.05) is 19.1 Å². The van der Waals surface area contributed by atoms with E-state index in [2.05, 4.69) is 0 Å². The number of amidine groups is 1. The van der Waals surface area contributed by atoms with Gasteiger partial charge in [0.15, 0.2) is 0 Å². The Kier molecular flexibility index (Phi) is 4.48. The Morgan fingerprint density at radius 3 is 2.50 bits per heavy atom. The maximum Gasteiger partial charge on any atom is 0.128 e. The molecular weight excluding hydrogens is 255 g/mol.